The lowest BCUT2D eigenvalue weighted by Gasteiger charge is -1.97. The highest BCUT2D eigenvalue weighted by Gasteiger charge is 1.98. The lowest BCUT2D eigenvalue weighted by molar-refractivity contribution is 1.45. The van der Waals surface area contributed by atoms with Gasteiger partial charge in [-0.25, -0.2) is 0 Å². The van der Waals surface area contributed by atoms with Crippen LogP contribution >= 0.6 is 12.2 Å². The second-order valence-electron chi connectivity index (χ2n) is 2.95. The Morgan fingerprint density at radius 1 is 1.57 bits per heavy atom. The smallest absolute Gasteiger partial charge is 0.114 e. The van der Waals surface area contributed by atoms with E-state index in [2.05, 4.69) is 0 Å². The van der Waals surface area contributed by atoms with Crippen LogP contribution in [-0.4, -0.2) is 4.99 Å². The quantitative estimate of drug-likeness (QED) is 0.454. The summed E-state index contributed by atoms with van der Waals surface area (Å²) in [5.41, 5.74) is 7.79. The number of nitrogens with two attached hydrogens (primary N) is 1. The summed E-state index contributed by atoms with van der Waals surface area (Å²) in [6.45, 7) is 1.99. The first-order valence-corrected chi connectivity index (χ1v) is 4.52. The van der Waals surface area contributed by atoms with Gasteiger partial charge in [-0.1, -0.05) is 42.0 Å². The molecule has 0 saturated heterocycles. The molecule has 1 aromatic carbocycles. The molecule has 0 aliphatic carbocycles. The standard InChI is InChI=1S/C11H10N2S/c1-8-3-2-4-9(5-8)6-10(7-12)11(13)14/h2-6H,1H3,(H2,13,14)/b10-6-. The third-order valence-electron chi connectivity index (χ3n) is 1.74. The summed E-state index contributed by atoms with van der Waals surface area (Å²) >= 11 is 4.74. The molecule has 14 heavy (non-hydrogen) atoms. The van der Waals surface area contributed by atoms with E-state index in [1.807, 2.05) is 37.3 Å². The number of nitriles is 1. The molecular formula is C11H10N2S. The molecule has 0 aliphatic heterocycles. The highest BCUT2D eigenvalue weighted by molar-refractivity contribution is 7.80. The summed E-state index contributed by atoms with van der Waals surface area (Å²) in [4.78, 5) is 0.133. The molecule has 0 bridgehead atoms. The van der Waals surface area contributed by atoms with E-state index < -0.39 is 0 Å². The van der Waals surface area contributed by atoms with Gasteiger partial charge in [-0.15, -0.1) is 0 Å². The maximum absolute atomic E-state index is 8.74. The largest absolute Gasteiger partial charge is 0.389 e. The van der Waals surface area contributed by atoms with E-state index in [1.165, 1.54) is 0 Å². The Hall–Kier alpha value is -1.66. The summed E-state index contributed by atoms with van der Waals surface area (Å²) in [6, 6.07) is 9.75. The van der Waals surface area contributed by atoms with Gasteiger partial charge in [-0.3, -0.25) is 0 Å². The molecule has 1 rings (SSSR count). The molecule has 0 saturated carbocycles. The van der Waals surface area contributed by atoms with Crippen LogP contribution in [0.3, 0.4) is 0 Å². The van der Waals surface area contributed by atoms with Gasteiger partial charge in [0.1, 0.15) is 11.1 Å². The van der Waals surface area contributed by atoms with Crippen LogP contribution in [0.4, 0.5) is 0 Å². The summed E-state index contributed by atoms with van der Waals surface area (Å²) in [7, 11) is 0. The van der Waals surface area contributed by atoms with Crippen LogP contribution in [0.25, 0.3) is 6.08 Å². The molecule has 0 fully saturated rings. The van der Waals surface area contributed by atoms with Crippen LogP contribution in [0.15, 0.2) is 29.8 Å². The van der Waals surface area contributed by atoms with Gasteiger partial charge < -0.3 is 5.73 Å². The summed E-state index contributed by atoms with van der Waals surface area (Å²) in [5, 5.41) is 8.74. The molecule has 0 aromatic heterocycles. The molecule has 0 aliphatic rings. The van der Waals surface area contributed by atoms with E-state index in [0.29, 0.717) is 5.57 Å². The van der Waals surface area contributed by atoms with Gasteiger partial charge in [0, 0.05) is 0 Å². The van der Waals surface area contributed by atoms with Crippen LogP contribution in [0, 0.1) is 18.3 Å². The van der Waals surface area contributed by atoms with Crippen LogP contribution < -0.4 is 5.73 Å². The third kappa shape index (κ3) is 2.68. The highest BCUT2D eigenvalue weighted by atomic mass is 32.1. The van der Waals surface area contributed by atoms with Gasteiger partial charge in [0.2, 0.25) is 0 Å². The number of benzene rings is 1. The lowest BCUT2D eigenvalue weighted by Crippen LogP contribution is -2.09. The minimum atomic E-state index is 0.133. The van der Waals surface area contributed by atoms with Gasteiger partial charge in [0.05, 0.1) is 5.57 Å². The second kappa shape index (κ2) is 4.54. The van der Waals surface area contributed by atoms with Crippen molar-refractivity contribution in [3.63, 3.8) is 0 Å². The minimum absolute atomic E-state index is 0.133. The Morgan fingerprint density at radius 3 is 2.79 bits per heavy atom. The minimum Gasteiger partial charge on any atom is -0.389 e. The van der Waals surface area contributed by atoms with E-state index >= 15 is 0 Å². The second-order valence-corrected chi connectivity index (χ2v) is 3.39. The maximum atomic E-state index is 8.74. The average Bonchev–Trinajstić information content (AvgIpc) is 2.14. The van der Waals surface area contributed by atoms with Crippen molar-refractivity contribution in [2.24, 2.45) is 5.73 Å². The van der Waals surface area contributed by atoms with E-state index in [-0.39, 0.29) is 4.99 Å². The molecule has 3 heteroatoms. The van der Waals surface area contributed by atoms with Crippen molar-refractivity contribution in [3.05, 3.63) is 41.0 Å². The number of aryl methyl sites for hydroxylation is 1. The number of thiocarbonyl (C=S) groups is 1. The maximum Gasteiger partial charge on any atom is 0.114 e. The summed E-state index contributed by atoms with van der Waals surface area (Å²) in [6.07, 6.45) is 1.69. The first kappa shape index (κ1) is 10.4. The number of nitrogens with zero attached hydrogens (tertiary/aromatic N) is 1. The van der Waals surface area contributed by atoms with Crippen molar-refractivity contribution in [1.82, 2.24) is 0 Å². The van der Waals surface area contributed by atoms with Crippen molar-refractivity contribution in [1.29, 1.82) is 5.26 Å². The average molecular weight is 202 g/mol. The van der Waals surface area contributed by atoms with Crippen molar-refractivity contribution < 1.29 is 0 Å². The van der Waals surface area contributed by atoms with Crippen LogP contribution in [0.1, 0.15) is 11.1 Å². The first-order chi connectivity index (χ1) is 6.63. The molecule has 0 spiro atoms. The van der Waals surface area contributed by atoms with Gasteiger partial charge in [0.25, 0.3) is 0 Å². The number of rotatable bonds is 2. The van der Waals surface area contributed by atoms with Crippen LogP contribution in [0.5, 0.6) is 0 Å². The fourth-order valence-electron chi connectivity index (χ4n) is 1.09. The lowest BCUT2D eigenvalue weighted by atomic mass is 10.1. The Balaban J connectivity index is 3.08. The summed E-state index contributed by atoms with van der Waals surface area (Å²) in [5.74, 6) is 0. The molecule has 0 atom stereocenters. The molecule has 0 amide bonds. The molecule has 0 radical (unpaired) electrons. The van der Waals surface area contributed by atoms with Crippen molar-refractivity contribution >= 4 is 23.3 Å². The van der Waals surface area contributed by atoms with Gasteiger partial charge in [-0.2, -0.15) is 5.26 Å². The van der Waals surface area contributed by atoms with E-state index in [1.54, 1.807) is 6.08 Å². The van der Waals surface area contributed by atoms with E-state index in [0.717, 1.165) is 11.1 Å². The first-order valence-electron chi connectivity index (χ1n) is 4.12. The summed E-state index contributed by atoms with van der Waals surface area (Å²) < 4.78 is 0. The fraction of sp³-hybridized carbons (Fsp3) is 0.0909. The van der Waals surface area contributed by atoms with E-state index in [9.17, 15) is 0 Å². The zero-order valence-electron chi connectivity index (χ0n) is 7.82. The molecule has 1 aromatic rings. The highest BCUT2D eigenvalue weighted by Crippen LogP contribution is 2.08. The van der Waals surface area contributed by atoms with Gasteiger partial charge in [-0.05, 0) is 18.6 Å². The van der Waals surface area contributed by atoms with Crippen LogP contribution in [-0.2, 0) is 0 Å². The van der Waals surface area contributed by atoms with Crippen LogP contribution in [0.2, 0.25) is 0 Å². The van der Waals surface area contributed by atoms with Gasteiger partial charge in [0.15, 0.2) is 0 Å². The molecule has 0 heterocycles. The number of hydrogen-bond donors (Lipinski definition) is 1. The Kier molecular flexibility index (Phi) is 3.38. The molecule has 2 nitrogen and oxygen atoms in total. The Morgan fingerprint density at radius 2 is 2.29 bits per heavy atom. The van der Waals surface area contributed by atoms with Crippen molar-refractivity contribution in [2.75, 3.05) is 0 Å². The number of hydrogen-bond acceptors (Lipinski definition) is 2. The molecule has 70 valence electrons. The van der Waals surface area contributed by atoms with E-state index in [4.69, 9.17) is 23.2 Å². The Labute approximate surface area is 88.7 Å². The topological polar surface area (TPSA) is 49.8 Å². The fourth-order valence-corrected chi connectivity index (χ4v) is 1.19. The normalized spacial score (nSPS) is 10.7. The van der Waals surface area contributed by atoms with Crippen molar-refractivity contribution in [2.45, 2.75) is 6.92 Å². The Bertz CT molecular complexity index is 427. The molecule has 0 unspecified atom stereocenters. The van der Waals surface area contributed by atoms with Crippen molar-refractivity contribution in [3.8, 4) is 6.07 Å². The zero-order chi connectivity index (χ0) is 10.6. The SMILES string of the molecule is Cc1cccc(/C=C(/C#N)C(N)=S)c1. The third-order valence-corrected chi connectivity index (χ3v) is 1.96. The molecule has 2 N–H and O–H groups in total. The predicted molar refractivity (Wildman–Crippen MR) is 61.6 cm³/mol. The molecular weight excluding hydrogens is 192 g/mol. The predicted octanol–water partition coefficient (Wildman–Crippen LogP) is 2.19. The van der Waals surface area contributed by atoms with Gasteiger partial charge >= 0.3 is 0 Å². The monoisotopic (exact) mass is 202 g/mol. The zero-order valence-corrected chi connectivity index (χ0v) is 8.64.